The molecule has 3 nitrogen and oxygen atoms in total. The molecule has 0 atom stereocenters. The van der Waals surface area contributed by atoms with Gasteiger partial charge in [0.2, 0.25) is 0 Å². The number of hydrogen-bond donors (Lipinski definition) is 1. The maximum Gasteiger partial charge on any atom is 0.130 e. The van der Waals surface area contributed by atoms with Crippen molar-refractivity contribution in [2.24, 2.45) is 0 Å². The summed E-state index contributed by atoms with van der Waals surface area (Å²) in [5, 5.41) is 3.06. The third-order valence-electron chi connectivity index (χ3n) is 2.61. The lowest BCUT2D eigenvalue weighted by Crippen LogP contribution is -1.98. The van der Waals surface area contributed by atoms with Gasteiger partial charge in [-0.25, -0.2) is 9.97 Å². The third kappa shape index (κ3) is 2.61. The largest absolute Gasteiger partial charge is 0.373 e. The van der Waals surface area contributed by atoms with E-state index in [4.69, 9.17) is 0 Å². The summed E-state index contributed by atoms with van der Waals surface area (Å²) < 4.78 is 0. The number of aryl methyl sites for hydroxylation is 3. The molecule has 0 saturated heterocycles. The summed E-state index contributed by atoms with van der Waals surface area (Å²) in [6.45, 7) is 6.11. The second-order valence-electron chi connectivity index (χ2n) is 4.31. The predicted octanol–water partition coefficient (Wildman–Crippen LogP) is 3.11. The average Bonchev–Trinajstić information content (AvgIpc) is 2.26. The van der Waals surface area contributed by atoms with Crippen molar-refractivity contribution in [1.82, 2.24) is 9.97 Å². The van der Waals surface area contributed by atoms with Gasteiger partial charge in [-0.05, 0) is 32.9 Å². The van der Waals surface area contributed by atoms with Crippen molar-refractivity contribution in [3.8, 4) is 11.3 Å². The van der Waals surface area contributed by atoms with Crippen LogP contribution in [-0.2, 0) is 0 Å². The van der Waals surface area contributed by atoms with Crippen LogP contribution in [-0.4, -0.2) is 17.0 Å². The number of rotatable bonds is 2. The second-order valence-corrected chi connectivity index (χ2v) is 4.31. The molecule has 1 heterocycles. The molecule has 0 fully saturated rings. The van der Waals surface area contributed by atoms with Crippen molar-refractivity contribution in [2.75, 3.05) is 12.4 Å². The van der Waals surface area contributed by atoms with Crippen LogP contribution in [0, 0.1) is 20.8 Å². The van der Waals surface area contributed by atoms with E-state index in [0.717, 1.165) is 22.9 Å². The van der Waals surface area contributed by atoms with E-state index in [1.165, 1.54) is 11.1 Å². The fourth-order valence-corrected chi connectivity index (χ4v) is 1.97. The van der Waals surface area contributed by atoms with E-state index in [1.54, 1.807) is 0 Å². The Bertz CT molecular complexity index is 527. The van der Waals surface area contributed by atoms with Gasteiger partial charge in [0, 0.05) is 18.7 Å². The summed E-state index contributed by atoms with van der Waals surface area (Å²) in [5.74, 6) is 1.64. The molecule has 2 rings (SSSR count). The molecule has 0 spiro atoms. The lowest BCUT2D eigenvalue weighted by molar-refractivity contribution is 1.06. The maximum absolute atomic E-state index is 4.48. The number of hydrogen-bond acceptors (Lipinski definition) is 3. The van der Waals surface area contributed by atoms with Gasteiger partial charge in [-0.2, -0.15) is 0 Å². The highest BCUT2D eigenvalue weighted by Crippen LogP contribution is 2.22. The zero-order chi connectivity index (χ0) is 12.4. The van der Waals surface area contributed by atoms with E-state index in [9.17, 15) is 0 Å². The Morgan fingerprint density at radius 1 is 0.882 bits per heavy atom. The van der Waals surface area contributed by atoms with E-state index in [0.29, 0.717) is 0 Å². The fourth-order valence-electron chi connectivity index (χ4n) is 1.97. The van der Waals surface area contributed by atoms with Crippen molar-refractivity contribution in [3.63, 3.8) is 0 Å². The number of nitrogens with zero attached hydrogens (tertiary/aromatic N) is 2. The molecule has 0 saturated carbocycles. The zero-order valence-corrected chi connectivity index (χ0v) is 10.7. The van der Waals surface area contributed by atoms with Crippen molar-refractivity contribution in [1.29, 1.82) is 0 Å². The number of nitrogens with one attached hydrogen (secondary N) is 1. The lowest BCUT2D eigenvalue weighted by Gasteiger charge is -2.07. The van der Waals surface area contributed by atoms with E-state index >= 15 is 0 Å². The normalized spacial score (nSPS) is 10.4. The monoisotopic (exact) mass is 227 g/mol. The molecule has 0 unspecified atom stereocenters. The molecule has 0 bridgehead atoms. The highest BCUT2D eigenvalue weighted by molar-refractivity contribution is 5.64. The lowest BCUT2D eigenvalue weighted by atomic mass is 10.0. The van der Waals surface area contributed by atoms with Crippen LogP contribution in [0.3, 0.4) is 0 Å². The first-order valence-corrected chi connectivity index (χ1v) is 5.70. The minimum Gasteiger partial charge on any atom is -0.373 e. The Kier molecular flexibility index (Phi) is 3.09. The molecule has 17 heavy (non-hydrogen) atoms. The summed E-state index contributed by atoms with van der Waals surface area (Å²) in [6, 6.07) is 8.43. The summed E-state index contributed by atoms with van der Waals surface area (Å²) in [4.78, 5) is 8.78. The minimum absolute atomic E-state index is 0.783. The SMILES string of the molecule is CNc1cc(-c2cc(C)cc(C)c2)nc(C)n1. The molecule has 2 aromatic rings. The van der Waals surface area contributed by atoms with Crippen LogP contribution in [0.2, 0.25) is 0 Å². The van der Waals surface area contributed by atoms with Crippen LogP contribution in [0.1, 0.15) is 17.0 Å². The molecule has 0 radical (unpaired) electrons. The fraction of sp³-hybridized carbons (Fsp3) is 0.286. The number of benzene rings is 1. The van der Waals surface area contributed by atoms with Crippen LogP contribution < -0.4 is 5.32 Å². The third-order valence-corrected chi connectivity index (χ3v) is 2.61. The van der Waals surface area contributed by atoms with Gasteiger partial charge in [-0.15, -0.1) is 0 Å². The molecule has 88 valence electrons. The molecule has 1 N–H and O–H groups in total. The summed E-state index contributed by atoms with van der Waals surface area (Å²) >= 11 is 0. The van der Waals surface area contributed by atoms with Gasteiger partial charge in [-0.3, -0.25) is 0 Å². The summed E-state index contributed by atoms with van der Waals surface area (Å²) in [5.41, 5.74) is 4.61. The van der Waals surface area contributed by atoms with Crippen molar-refractivity contribution in [2.45, 2.75) is 20.8 Å². The van der Waals surface area contributed by atoms with Gasteiger partial charge in [-0.1, -0.05) is 17.2 Å². The van der Waals surface area contributed by atoms with E-state index in [-0.39, 0.29) is 0 Å². The standard InChI is InChI=1S/C14H17N3/c1-9-5-10(2)7-12(6-9)13-8-14(15-4)17-11(3)16-13/h5-8H,1-4H3,(H,15,16,17). The van der Waals surface area contributed by atoms with Crippen LogP contribution in [0.4, 0.5) is 5.82 Å². The Balaban J connectivity index is 2.55. The van der Waals surface area contributed by atoms with Gasteiger partial charge < -0.3 is 5.32 Å². The molecule has 0 aliphatic rings. The Morgan fingerprint density at radius 2 is 1.53 bits per heavy atom. The molecule has 0 amide bonds. The first kappa shape index (κ1) is 11.6. The maximum atomic E-state index is 4.48. The number of anilines is 1. The predicted molar refractivity (Wildman–Crippen MR) is 71.2 cm³/mol. The van der Waals surface area contributed by atoms with Gasteiger partial charge >= 0.3 is 0 Å². The average molecular weight is 227 g/mol. The van der Waals surface area contributed by atoms with E-state index < -0.39 is 0 Å². The van der Waals surface area contributed by atoms with E-state index in [1.807, 2.05) is 20.0 Å². The first-order valence-electron chi connectivity index (χ1n) is 5.70. The van der Waals surface area contributed by atoms with Gasteiger partial charge in [0.05, 0.1) is 5.69 Å². The van der Waals surface area contributed by atoms with Gasteiger partial charge in [0.25, 0.3) is 0 Å². The quantitative estimate of drug-likeness (QED) is 0.856. The molecule has 0 aliphatic heterocycles. The molecular formula is C14H17N3. The van der Waals surface area contributed by atoms with Crippen molar-refractivity contribution in [3.05, 3.63) is 41.2 Å². The smallest absolute Gasteiger partial charge is 0.130 e. The molecule has 0 aliphatic carbocycles. The van der Waals surface area contributed by atoms with Crippen LogP contribution in [0.15, 0.2) is 24.3 Å². The van der Waals surface area contributed by atoms with Crippen LogP contribution in [0.5, 0.6) is 0 Å². The Labute approximate surface area is 102 Å². The number of aromatic nitrogens is 2. The first-order chi connectivity index (χ1) is 8.08. The molecular weight excluding hydrogens is 210 g/mol. The Morgan fingerprint density at radius 3 is 2.12 bits per heavy atom. The highest BCUT2D eigenvalue weighted by atomic mass is 15.0. The molecule has 3 heteroatoms. The van der Waals surface area contributed by atoms with Gasteiger partial charge in [0.1, 0.15) is 11.6 Å². The van der Waals surface area contributed by atoms with E-state index in [2.05, 4.69) is 47.3 Å². The van der Waals surface area contributed by atoms with Crippen LogP contribution >= 0.6 is 0 Å². The van der Waals surface area contributed by atoms with Crippen LogP contribution in [0.25, 0.3) is 11.3 Å². The second kappa shape index (κ2) is 4.53. The molecule has 1 aromatic carbocycles. The Hall–Kier alpha value is -1.90. The van der Waals surface area contributed by atoms with Crippen molar-refractivity contribution >= 4 is 5.82 Å². The summed E-state index contributed by atoms with van der Waals surface area (Å²) in [6.07, 6.45) is 0. The topological polar surface area (TPSA) is 37.8 Å². The summed E-state index contributed by atoms with van der Waals surface area (Å²) in [7, 11) is 1.87. The minimum atomic E-state index is 0.783. The zero-order valence-electron chi connectivity index (χ0n) is 10.7. The van der Waals surface area contributed by atoms with Gasteiger partial charge in [0.15, 0.2) is 0 Å². The highest BCUT2D eigenvalue weighted by Gasteiger charge is 2.04. The van der Waals surface area contributed by atoms with Crippen molar-refractivity contribution < 1.29 is 0 Å². The molecule has 1 aromatic heterocycles.